The average Bonchev–Trinajstić information content (AvgIpc) is 3.09. The van der Waals surface area contributed by atoms with E-state index in [0.29, 0.717) is 12.5 Å². The molecule has 0 aromatic heterocycles. The number of aliphatic hydroxyl groups excluding tert-OH is 1. The molecule has 3 fully saturated rings. The van der Waals surface area contributed by atoms with E-state index in [1.54, 1.807) is 0 Å². The quantitative estimate of drug-likeness (QED) is 0.660. The van der Waals surface area contributed by atoms with Crippen LogP contribution in [0, 0.1) is 27.9 Å². The van der Waals surface area contributed by atoms with E-state index in [2.05, 4.69) is 0 Å². The molecule has 0 amide bonds. The van der Waals surface area contributed by atoms with Gasteiger partial charge in [-0.25, -0.2) is 8.42 Å². The molecule has 1 N–H and O–H groups in total. The second-order valence-electron chi connectivity index (χ2n) is 6.46. The molecular weight excluding hydrogens is 308 g/mol. The minimum absolute atomic E-state index is 0.0510. The van der Waals surface area contributed by atoms with Gasteiger partial charge in [0, 0.05) is 18.7 Å². The summed E-state index contributed by atoms with van der Waals surface area (Å²) in [6.45, 7) is 0.447. The zero-order valence-electron chi connectivity index (χ0n) is 11.7. The molecular formula is C14H16N2O5S. The molecule has 7 nitrogen and oxygen atoms in total. The van der Waals surface area contributed by atoms with E-state index in [0.717, 1.165) is 12.8 Å². The molecule has 0 unspecified atom stereocenters. The molecule has 4 rings (SSSR count). The first-order valence-electron chi connectivity index (χ1n) is 7.34. The van der Waals surface area contributed by atoms with E-state index in [4.69, 9.17) is 0 Å². The molecule has 0 spiro atoms. The first kappa shape index (κ1) is 14.1. The Hall–Kier alpha value is -1.51. The van der Waals surface area contributed by atoms with E-state index >= 15 is 0 Å². The van der Waals surface area contributed by atoms with Crippen molar-refractivity contribution >= 4 is 15.7 Å². The summed E-state index contributed by atoms with van der Waals surface area (Å²) in [4.78, 5) is 10.2. The van der Waals surface area contributed by atoms with Gasteiger partial charge < -0.3 is 5.11 Å². The van der Waals surface area contributed by atoms with Crippen LogP contribution in [0.4, 0.5) is 5.69 Å². The van der Waals surface area contributed by atoms with Crippen LogP contribution in [0.3, 0.4) is 0 Å². The summed E-state index contributed by atoms with van der Waals surface area (Å²) in [5.74, 6) is 0.816. The van der Waals surface area contributed by atoms with Crippen molar-refractivity contribution in [2.75, 3.05) is 6.54 Å². The first-order chi connectivity index (χ1) is 10.4. The Morgan fingerprint density at radius 2 is 1.86 bits per heavy atom. The average molecular weight is 324 g/mol. The molecule has 5 atom stereocenters. The lowest BCUT2D eigenvalue weighted by Gasteiger charge is -2.28. The van der Waals surface area contributed by atoms with Crippen LogP contribution in [0.25, 0.3) is 0 Å². The Morgan fingerprint density at radius 3 is 2.45 bits per heavy atom. The number of fused-ring (bicyclic) bond motifs is 1. The second-order valence-corrected chi connectivity index (χ2v) is 8.35. The number of nitrogens with zero attached hydrogens (tertiary/aromatic N) is 2. The molecule has 1 aromatic carbocycles. The van der Waals surface area contributed by atoms with E-state index in [-0.39, 0.29) is 28.5 Å². The van der Waals surface area contributed by atoms with Crippen molar-refractivity contribution in [3.05, 3.63) is 34.4 Å². The molecule has 1 saturated heterocycles. The lowest BCUT2D eigenvalue weighted by atomic mass is 9.88. The smallest absolute Gasteiger partial charge is 0.269 e. The SMILES string of the molecule is O=[N+]([O-])c1ccc(S(=O)(=O)N2C[C@@H]3C[C@H]4C[C@H]3[C@H]2[C@@H]4O)cc1. The van der Waals surface area contributed by atoms with Crippen molar-refractivity contribution in [2.24, 2.45) is 17.8 Å². The van der Waals surface area contributed by atoms with Gasteiger partial charge in [-0.3, -0.25) is 10.1 Å². The van der Waals surface area contributed by atoms with Crippen LogP contribution in [0.5, 0.6) is 0 Å². The van der Waals surface area contributed by atoms with Gasteiger partial charge in [-0.1, -0.05) is 0 Å². The van der Waals surface area contributed by atoms with Gasteiger partial charge >= 0.3 is 0 Å². The van der Waals surface area contributed by atoms with Crippen LogP contribution in [0.2, 0.25) is 0 Å². The third-order valence-electron chi connectivity index (χ3n) is 5.46. The van der Waals surface area contributed by atoms with Crippen molar-refractivity contribution in [1.82, 2.24) is 4.31 Å². The zero-order chi connectivity index (χ0) is 15.6. The van der Waals surface area contributed by atoms with Gasteiger partial charge in [0.15, 0.2) is 0 Å². The largest absolute Gasteiger partial charge is 0.391 e. The van der Waals surface area contributed by atoms with Crippen LogP contribution in [-0.2, 0) is 10.0 Å². The molecule has 1 aromatic rings. The van der Waals surface area contributed by atoms with Crippen molar-refractivity contribution in [2.45, 2.75) is 29.9 Å². The number of nitro benzene ring substituents is 1. The van der Waals surface area contributed by atoms with Crippen molar-refractivity contribution in [3.63, 3.8) is 0 Å². The standard InChI is InChI=1S/C14H16N2O5S/c17-14-8-5-9-7-15(13(14)12(9)6-8)22(20,21)11-3-1-10(2-4-11)16(18)19/h1-4,8-9,12-14,17H,5-7H2/t8-,9-,12+,13-,14+/m0/s1. The lowest BCUT2D eigenvalue weighted by Crippen LogP contribution is -2.43. The van der Waals surface area contributed by atoms with Gasteiger partial charge in [-0.15, -0.1) is 0 Å². The number of benzene rings is 1. The molecule has 3 aliphatic rings. The van der Waals surface area contributed by atoms with Gasteiger partial charge in [0.1, 0.15) is 0 Å². The van der Waals surface area contributed by atoms with E-state index < -0.39 is 21.1 Å². The predicted octanol–water partition coefficient (Wildman–Crippen LogP) is 0.985. The Kier molecular flexibility index (Phi) is 2.88. The molecule has 2 saturated carbocycles. The van der Waals surface area contributed by atoms with Gasteiger partial charge in [-0.05, 0) is 42.7 Å². The number of nitro groups is 1. The maximum Gasteiger partial charge on any atom is 0.269 e. The monoisotopic (exact) mass is 324 g/mol. The van der Waals surface area contributed by atoms with Gasteiger partial charge in [0.25, 0.3) is 5.69 Å². The van der Waals surface area contributed by atoms with Crippen LogP contribution >= 0.6 is 0 Å². The summed E-state index contributed by atoms with van der Waals surface area (Å²) in [5, 5.41) is 21.0. The van der Waals surface area contributed by atoms with Crippen molar-refractivity contribution < 1.29 is 18.4 Å². The fourth-order valence-electron chi connectivity index (χ4n) is 4.51. The molecule has 2 bridgehead atoms. The Labute approximate surface area is 127 Å². The van der Waals surface area contributed by atoms with Crippen LogP contribution in [0.1, 0.15) is 12.8 Å². The molecule has 118 valence electrons. The fourth-order valence-corrected chi connectivity index (χ4v) is 6.25. The molecule has 2 aliphatic carbocycles. The number of hydrogen-bond acceptors (Lipinski definition) is 5. The van der Waals surface area contributed by atoms with Crippen LogP contribution in [0.15, 0.2) is 29.2 Å². The maximum atomic E-state index is 12.8. The fraction of sp³-hybridized carbons (Fsp3) is 0.571. The lowest BCUT2D eigenvalue weighted by molar-refractivity contribution is -0.384. The highest BCUT2D eigenvalue weighted by molar-refractivity contribution is 7.89. The first-order valence-corrected chi connectivity index (χ1v) is 8.78. The topological polar surface area (TPSA) is 101 Å². The number of aliphatic hydroxyl groups is 1. The molecule has 0 radical (unpaired) electrons. The Balaban J connectivity index is 1.68. The van der Waals surface area contributed by atoms with Gasteiger partial charge in [-0.2, -0.15) is 4.31 Å². The summed E-state index contributed by atoms with van der Waals surface area (Å²) >= 11 is 0. The summed E-state index contributed by atoms with van der Waals surface area (Å²) in [7, 11) is -3.72. The van der Waals surface area contributed by atoms with Gasteiger partial charge in [0.05, 0.1) is 22.0 Å². The maximum absolute atomic E-state index is 12.8. The van der Waals surface area contributed by atoms with E-state index in [1.807, 2.05) is 0 Å². The zero-order valence-corrected chi connectivity index (χ0v) is 12.5. The van der Waals surface area contributed by atoms with Crippen LogP contribution < -0.4 is 0 Å². The van der Waals surface area contributed by atoms with Crippen molar-refractivity contribution in [1.29, 1.82) is 0 Å². The normalized spacial score (nSPS) is 36.9. The molecule has 8 heteroatoms. The van der Waals surface area contributed by atoms with Crippen molar-refractivity contribution in [3.8, 4) is 0 Å². The molecule has 1 aliphatic heterocycles. The van der Waals surface area contributed by atoms with E-state index in [9.17, 15) is 23.6 Å². The minimum Gasteiger partial charge on any atom is -0.391 e. The highest BCUT2D eigenvalue weighted by Crippen LogP contribution is 2.56. The molecule has 1 heterocycles. The number of rotatable bonds is 3. The summed E-state index contributed by atoms with van der Waals surface area (Å²) in [5.41, 5.74) is -0.138. The summed E-state index contributed by atoms with van der Waals surface area (Å²) in [6.07, 6.45) is 1.22. The predicted molar refractivity (Wildman–Crippen MR) is 76.5 cm³/mol. The Bertz CT molecular complexity index is 730. The molecule has 22 heavy (non-hydrogen) atoms. The highest BCUT2D eigenvalue weighted by atomic mass is 32.2. The summed E-state index contributed by atoms with van der Waals surface area (Å²) in [6, 6.07) is 4.61. The highest BCUT2D eigenvalue weighted by Gasteiger charge is 2.61. The second kappa shape index (κ2) is 4.50. The van der Waals surface area contributed by atoms with Gasteiger partial charge in [0.2, 0.25) is 10.0 Å². The van der Waals surface area contributed by atoms with E-state index in [1.165, 1.54) is 28.6 Å². The number of non-ortho nitro benzene ring substituents is 1. The summed E-state index contributed by atoms with van der Waals surface area (Å²) < 4.78 is 27.0. The minimum atomic E-state index is -3.72. The Morgan fingerprint density at radius 1 is 1.18 bits per heavy atom. The number of sulfonamides is 1. The third kappa shape index (κ3) is 1.77. The number of hydrogen-bond donors (Lipinski definition) is 1. The third-order valence-corrected chi connectivity index (χ3v) is 7.34. The van der Waals surface area contributed by atoms with Crippen LogP contribution in [-0.4, -0.2) is 41.4 Å².